The van der Waals surface area contributed by atoms with E-state index in [1.807, 2.05) is 6.92 Å². The Morgan fingerprint density at radius 2 is 2.14 bits per heavy atom. The van der Waals surface area contributed by atoms with Crippen molar-refractivity contribution >= 4 is 34.6 Å². The van der Waals surface area contributed by atoms with Crippen LogP contribution in [-0.4, -0.2) is 46.8 Å². The number of rotatable bonds is 8. The minimum atomic E-state index is -1.63. The summed E-state index contributed by atoms with van der Waals surface area (Å²) < 4.78 is 5.78. The highest BCUT2D eigenvalue weighted by molar-refractivity contribution is 7.09. The molecular formula is C18H23N5O4S. The fourth-order valence-corrected chi connectivity index (χ4v) is 2.97. The molecule has 0 spiro atoms. The molecule has 0 bridgehead atoms. The maximum Gasteiger partial charge on any atom is 0.271 e. The Bertz CT molecular complexity index is 911. The molecule has 1 unspecified atom stereocenters. The van der Waals surface area contributed by atoms with E-state index in [1.165, 1.54) is 25.3 Å². The molecule has 0 aliphatic rings. The van der Waals surface area contributed by atoms with Crippen molar-refractivity contribution in [1.29, 1.82) is 0 Å². The standard InChI is InChI=1S/C18H23N5O4S/c1-10-14(28-9-22-10)7-27-11-4-5-13(19)12(6-11)15(21-3)16(25)23-18(2,8-24)17(20)26/h4-6,9,24H,7-8,19H2,1-3H3,(H2,20,26)(H,23,25). The Balaban J connectivity index is 2.25. The van der Waals surface area contributed by atoms with Crippen molar-refractivity contribution in [2.45, 2.75) is 26.0 Å². The Labute approximate surface area is 166 Å². The first-order valence-electron chi connectivity index (χ1n) is 8.33. The van der Waals surface area contributed by atoms with Crippen molar-refractivity contribution in [3.8, 4) is 5.75 Å². The molecule has 150 valence electrons. The molecule has 0 saturated carbocycles. The second-order valence-electron chi connectivity index (χ2n) is 6.28. The summed E-state index contributed by atoms with van der Waals surface area (Å²) in [6.07, 6.45) is 0. The van der Waals surface area contributed by atoms with Crippen molar-refractivity contribution in [2.75, 3.05) is 19.4 Å². The van der Waals surface area contributed by atoms with Crippen LogP contribution in [0.3, 0.4) is 0 Å². The first-order chi connectivity index (χ1) is 13.2. The van der Waals surface area contributed by atoms with Gasteiger partial charge in [0.05, 0.1) is 22.7 Å². The van der Waals surface area contributed by atoms with E-state index in [4.69, 9.17) is 16.2 Å². The average Bonchev–Trinajstić information content (AvgIpc) is 3.07. The number of amides is 2. The van der Waals surface area contributed by atoms with Gasteiger partial charge in [-0.2, -0.15) is 0 Å². The lowest BCUT2D eigenvalue weighted by Gasteiger charge is -2.25. The number of carbonyl (C=O) groups excluding carboxylic acids is 2. The van der Waals surface area contributed by atoms with Crippen molar-refractivity contribution in [1.82, 2.24) is 10.3 Å². The van der Waals surface area contributed by atoms with Crippen molar-refractivity contribution < 1.29 is 19.4 Å². The zero-order valence-electron chi connectivity index (χ0n) is 15.9. The molecule has 10 heteroatoms. The van der Waals surface area contributed by atoms with Crippen LogP contribution in [0.1, 0.15) is 23.1 Å². The van der Waals surface area contributed by atoms with Crippen molar-refractivity contribution in [3.63, 3.8) is 0 Å². The number of aliphatic hydroxyl groups excluding tert-OH is 1. The molecule has 9 nitrogen and oxygen atoms in total. The molecule has 2 rings (SSSR count). The first-order valence-corrected chi connectivity index (χ1v) is 9.21. The number of nitrogens with zero attached hydrogens (tertiary/aromatic N) is 2. The van der Waals surface area contributed by atoms with Crippen LogP contribution in [0.15, 0.2) is 28.7 Å². The highest BCUT2D eigenvalue weighted by atomic mass is 32.1. The van der Waals surface area contributed by atoms with Gasteiger partial charge in [-0.1, -0.05) is 0 Å². The number of thiazole rings is 1. The van der Waals surface area contributed by atoms with Gasteiger partial charge in [0.25, 0.3) is 5.91 Å². The number of carbonyl (C=O) groups is 2. The number of nitrogens with one attached hydrogen (secondary N) is 1. The predicted octanol–water partition coefficient (Wildman–Crippen LogP) is 0.384. The lowest BCUT2D eigenvalue weighted by molar-refractivity contribution is -0.129. The minimum Gasteiger partial charge on any atom is -0.488 e. The highest BCUT2D eigenvalue weighted by Gasteiger charge is 2.34. The third-order valence-corrected chi connectivity index (χ3v) is 5.09. The number of primary amides is 1. The Morgan fingerprint density at radius 3 is 2.68 bits per heavy atom. The van der Waals surface area contributed by atoms with Gasteiger partial charge in [0, 0.05) is 18.3 Å². The largest absolute Gasteiger partial charge is 0.488 e. The summed E-state index contributed by atoms with van der Waals surface area (Å²) >= 11 is 1.49. The number of nitrogen functional groups attached to an aromatic ring is 1. The number of aryl methyl sites for hydroxylation is 1. The molecule has 1 heterocycles. The van der Waals surface area contributed by atoms with E-state index < -0.39 is 24.0 Å². The SMILES string of the molecule is CN=C(C(=O)NC(C)(CO)C(N)=O)c1cc(OCc2scnc2C)ccc1N. The number of hydrogen-bond acceptors (Lipinski definition) is 8. The normalized spacial score (nSPS) is 13.6. The van der Waals surface area contributed by atoms with Crippen LogP contribution >= 0.6 is 11.3 Å². The van der Waals surface area contributed by atoms with E-state index in [2.05, 4.69) is 15.3 Å². The number of hydrogen-bond donors (Lipinski definition) is 4. The molecule has 1 atom stereocenters. The van der Waals surface area contributed by atoms with Crippen LogP contribution in [0.4, 0.5) is 5.69 Å². The molecule has 0 aliphatic heterocycles. The van der Waals surface area contributed by atoms with Gasteiger partial charge >= 0.3 is 0 Å². The summed E-state index contributed by atoms with van der Waals surface area (Å²) in [7, 11) is 1.42. The molecule has 1 aromatic carbocycles. The third-order valence-electron chi connectivity index (χ3n) is 4.18. The van der Waals surface area contributed by atoms with E-state index in [-0.39, 0.29) is 5.71 Å². The summed E-state index contributed by atoms with van der Waals surface area (Å²) in [6.45, 7) is 2.89. The van der Waals surface area contributed by atoms with Crippen LogP contribution in [0.2, 0.25) is 0 Å². The van der Waals surface area contributed by atoms with Gasteiger partial charge in [0.15, 0.2) is 0 Å². The molecule has 0 fully saturated rings. The van der Waals surface area contributed by atoms with Gasteiger partial charge in [-0.25, -0.2) is 4.98 Å². The van der Waals surface area contributed by atoms with Crippen molar-refractivity contribution in [3.05, 3.63) is 39.8 Å². The van der Waals surface area contributed by atoms with E-state index in [1.54, 1.807) is 23.7 Å². The number of aliphatic imine (C=N–C) groups is 1. The lowest BCUT2D eigenvalue weighted by Crippen LogP contribution is -2.59. The van der Waals surface area contributed by atoms with Gasteiger partial charge < -0.3 is 26.6 Å². The molecule has 0 saturated heterocycles. The number of ether oxygens (including phenoxy) is 1. The molecule has 2 amide bonds. The zero-order valence-corrected chi connectivity index (χ0v) is 16.7. The summed E-state index contributed by atoms with van der Waals surface area (Å²) in [4.78, 5) is 33.3. The number of aliphatic hydroxyl groups is 1. The molecule has 0 aliphatic carbocycles. The number of nitrogens with two attached hydrogens (primary N) is 2. The van der Waals surface area contributed by atoms with Gasteiger partial charge in [0.1, 0.15) is 23.6 Å². The van der Waals surface area contributed by atoms with Crippen molar-refractivity contribution in [2.24, 2.45) is 10.7 Å². The predicted molar refractivity (Wildman–Crippen MR) is 107 cm³/mol. The summed E-state index contributed by atoms with van der Waals surface area (Å²) in [6, 6.07) is 4.87. The minimum absolute atomic E-state index is 0.0159. The fraction of sp³-hybridized carbons (Fsp3) is 0.333. The quantitative estimate of drug-likeness (QED) is 0.368. The van der Waals surface area contributed by atoms with Crippen LogP contribution < -0.4 is 21.5 Å². The number of anilines is 1. The van der Waals surface area contributed by atoms with E-state index >= 15 is 0 Å². The van der Waals surface area contributed by atoms with Crippen LogP contribution in [0.5, 0.6) is 5.75 Å². The number of benzene rings is 1. The summed E-state index contributed by atoms with van der Waals surface area (Å²) in [5.74, 6) is -1.07. The molecule has 1 aromatic heterocycles. The maximum atomic E-state index is 12.6. The van der Waals surface area contributed by atoms with E-state index in [9.17, 15) is 14.7 Å². The lowest BCUT2D eigenvalue weighted by atomic mass is 10.0. The molecule has 28 heavy (non-hydrogen) atoms. The Hall–Kier alpha value is -2.98. The van der Waals surface area contributed by atoms with E-state index in [0.29, 0.717) is 23.6 Å². The molecule has 0 radical (unpaired) electrons. The zero-order chi connectivity index (χ0) is 20.9. The van der Waals surface area contributed by atoms with Gasteiger partial charge in [-0.15, -0.1) is 11.3 Å². The number of aromatic nitrogens is 1. The Morgan fingerprint density at radius 1 is 1.43 bits per heavy atom. The topological polar surface area (TPSA) is 153 Å². The Kier molecular flexibility index (Phi) is 6.71. The summed E-state index contributed by atoms with van der Waals surface area (Å²) in [5, 5.41) is 11.8. The maximum absolute atomic E-state index is 12.6. The third kappa shape index (κ3) is 4.65. The molecule has 6 N–H and O–H groups in total. The molecular weight excluding hydrogens is 382 g/mol. The van der Waals surface area contributed by atoms with Gasteiger partial charge in [-0.3, -0.25) is 14.6 Å². The second kappa shape index (κ2) is 8.81. The van der Waals surface area contributed by atoms with Gasteiger partial charge in [-0.05, 0) is 32.0 Å². The second-order valence-corrected chi connectivity index (χ2v) is 7.22. The fourth-order valence-electron chi connectivity index (χ4n) is 2.28. The first kappa shape index (κ1) is 21.3. The highest BCUT2D eigenvalue weighted by Crippen LogP contribution is 2.23. The summed E-state index contributed by atoms with van der Waals surface area (Å²) in [5.41, 5.74) is 12.9. The average molecular weight is 405 g/mol. The van der Waals surface area contributed by atoms with Gasteiger partial charge in [0.2, 0.25) is 5.91 Å². The molecule has 2 aromatic rings. The van der Waals surface area contributed by atoms with Crippen LogP contribution in [-0.2, 0) is 16.2 Å². The monoisotopic (exact) mass is 405 g/mol. The van der Waals surface area contributed by atoms with E-state index in [0.717, 1.165) is 10.6 Å². The van der Waals surface area contributed by atoms with Crippen LogP contribution in [0.25, 0.3) is 0 Å². The smallest absolute Gasteiger partial charge is 0.271 e. The van der Waals surface area contributed by atoms with Crippen LogP contribution in [0, 0.1) is 6.92 Å².